The Kier molecular flexibility index (Phi) is 7.76. The van der Waals surface area contributed by atoms with Crippen molar-refractivity contribution < 1.29 is 23.1 Å². The Morgan fingerprint density at radius 2 is 1.78 bits per heavy atom. The summed E-state index contributed by atoms with van der Waals surface area (Å²) < 4.78 is 28.4. The molecule has 0 radical (unpaired) electrons. The molecular formula is C16H26NO5P. The molecule has 1 N–H and O–H groups in total. The smallest absolute Gasteiger partial charge is 0.459 e. The quantitative estimate of drug-likeness (QED) is 0.543. The molecule has 0 bridgehead atoms. The number of nitrogens with one attached hydrogen (secondary N) is 1. The molecule has 0 spiro atoms. The van der Waals surface area contributed by atoms with Crippen molar-refractivity contribution in [1.82, 2.24) is 5.09 Å². The van der Waals surface area contributed by atoms with Gasteiger partial charge >= 0.3 is 13.7 Å². The Morgan fingerprint density at radius 3 is 2.26 bits per heavy atom. The van der Waals surface area contributed by atoms with Crippen molar-refractivity contribution in [2.24, 2.45) is 5.92 Å². The highest BCUT2D eigenvalue weighted by atomic mass is 31.2. The normalized spacial score (nSPS) is 15.3. The summed E-state index contributed by atoms with van der Waals surface area (Å²) in [4.78, 5) is 12.2. The van der Waals surface area contributed by atoms with Crippen LogP contribution in [-0.4, -0.2) is 25.2 Å². The van der Waals surface area contributed by atoms with Crippen LogP contribution in [0.4, 0.5) is 0 Å². The number of hydrogen-bond acceptors (Lipinski definition) is 5. The molecule has 0 fully saturated rings. The maximum atomic E-state index is 12.8. The molecule has 0 aromatic heterocycles. The Balaban J connectivity index is 2.88. The van der Waals surface area contributed by atoms with Crippen molar-refractivity contribution in [2.75, 3.05) is 7.11 Å². The van der Waals surface area contributed by atoms with Crippen LogP contribution < -0.4 is 9.61 Å². The van der Waals surface area contributed by atoms with Crippen LogP contribution >= 0.6 is 7.75 Å². The van der Waals surface area contributed by atoms with Crippen LogP contribution in [0.3, 0.4) is 0 Å². The highest BCUT2D eigenvalue weighted by molar-refractivity contribution is 7.52. The fourth-order valence-electron chi connectivity index (χ4n) is 1.91. The van der Waals surface area contributed by atoms with E-state index in [1.807, 2.05) is 19.9 Å². The van der Waals surface area contributed by atoms with E-state index in [2.05, 4.69) is 5.09 Å². The molecular weight excluding hydrogens is 317 g/mol. The third-order valence-corrected chi connectivity index (χ3v) is 4.43. The fraction of sp³-hybridized carbons (Fsp3) is 0.562. The van der Waals surface area contributed by atoms with Gasteiger partial charge in [-0.05, 0) is 38.3 Å². The lowest BCUT2D eigenvalue weighted by atomic mass is 10.0. The van der Waals surface area contributed by atoms with Gasteiger partial charge < -0.3 is 9.26 Å². The Hall–Kier alpha value is -1.36. The van der Waals surface area contributed by atoms with Crippen LogP contribution in [0.15, 0.2) is 30.3 Å². The molecule has 2 atom stereocenters. The van der Waals surface area contributed by atoms with Crippen molar-refractivity contribution in [2.45, 2.75) is 46.3 Å². The predicted molar refractivity (Wildman–Crippen MR) is 89.3 cm³/mol. The van der Waals surface area contributed by atoms with E-state index < -0.39 is 19.8 Å². The van der Waals surface area contributed by atoms with Gasteiger partial charge in [-0.3, -0.25) is 9.32 Å². The maximum Gasteiger partial charge on any atom is 0.459 e. The first-order chi connectivity index (χ1) is 10.8. The number of benzene rings is 1. The van der Waals surface area contributed by atoms with Crippen molar-refractivity contribution in [3.63, 3.8) is 0 Å². The molecule has 1 aromatic carbocycles. The van der Waals surface area contributed by atoms with Gasteiger partial charge in [-0.1, -0.05) is 32.0 Å². The lowest BCUT2D eigenvalue weighted by Crippen LogP contribution is -2.39. The molecule has 7 heteroatoms. The largest absolute Gasteiger partial charge is 0.462 e. The minimum atomic E-state index is -3.68. The van der Waals surface area contributed by atoms with Gasteiger partial charge in [-0.25, -0.2) is 4.57 Å². The third-order valence-electron chi connectivity index (χ3n) is 2.87. The molecule has 1 aromatic rings. The number of hydrogen-bond donors (Lipinski definition) is 1. The van der Waals surface area contributed by atoms with E-state index in [0.717, 1.165) is 0 Å². The van der Waals surface area contributed by atoms with Crippen molar-refractivity contribution >= 4 is 13.7 Å². The first-order valence-corrected chi connectivity index (χ1v) is 9.18. The van der Waals surface area contributed by atoms with Crippen molar-refractivity contribution in [1.29, 1.82) is 0 Å². The molecule has 0 heterocycles. The first-order valence-electron chi connectivity index (χ1n) is 7.64. The van der Waals surface area contributed by atoms with E-state index in [1.165, 1.54) is 7.11 Å². The number of carbonyl (C=O) groups excluding carboxylic acids is 1. The number of esters is 1. The second kappa shape index (κ2) is 9.06. The summed E-state index contributed by atoms with van der Waals surface area (Å²) in [5, 5.41) is 2.70. The van der Waals surface area contributed by atoms with E-state index in [-0.39, 0.29) is 12.0 Å². The summed E-state index contributed by atoms with van der Waals surface area (Å²) in [6, 6.07) is 7.89. The standard InChI is InChI=1S/C16H26NO5P/c1-12(2)11-15(16(18)21-13(3)4)17-23(19,20-5)22-14-9-7-6-8-10-14/h6-10,12-13,15H,11H2,1-5H3,(H,17,19). The van der Waals surface area contributed by atoms with Gasteiger partial charge in [0.2, 0.25) is 0 Å². The Morgan fingerprint density at radius 1 is 1.17 bits per heavy atom. The van der Waals surface area contributed by atoms with Gasteiger partial charge in [0.15, 0.2) is 0 Å². The molecule has 130 valence electrons. The monoisotopic (exact) mass is 343 g/mol. The third kappa shape index (κ3) is 7.16. The van der Waals surface area contributed by atoms with Gasteiger partial charge in [0.25, 0.3) is 0 Å². The zero-order valence-corrected chi connectivity index (χ0v) is 15.2. The fourth-order valence-corrected chi connectivity index (χ4v) is 3.14. The van der Waals surface area contributed by atoms with Crippen LogP contribution in [0.1, 0.15) is 34.1 Å². The minimum absolute atomic E-state index is 0.203. The lowest BCUT2D eigenvalue weighted by molar-refractivity contribution is -0.150. The lowest BCUT2D eigenvalue weighted by Gasteiger charge is -2.25. The second-order valence-corrected chi connectivity index (χ2v) is 7.68. The Labute approximate surface area is 138 Å². The number of carbonyl (C=O) groups is 1. The molecule has 0 aliphatic rings. The molecule has 0 saturated heterocycles. The van der Waals surface area contributed by atoms with Gasteiger partial charge in [-0.2, -0.15) is 5.09 Å². The summed E-state index contributed by atoms with van der Waals surface area (Å²) in [5.74, 6) is 0.127. The average molecular weight is 343 g/mol. The number of para-hydroxylation sites is 1. The zero-order chi connectivity index (χ0) is 17.5. The van der Waals surface area contributed by atoms with E-state index in [1.54, 1.807) is 38.1 Å². The van der Waals surface area contributed by atoms with Crippen LogP contribution in [0, 0.1) is 5.92 Å². The van der Waals surface area contributed by atoms with Gasteiger partial charge in [-0.15, -0.1) is 0 Å². The number of ether oxygens (including phenoxy) is 1. The Bertz CT molecular complexity index is 533. The number of rotatable bonds is 9. The van der Waals surface area contributed by atoms with Gasteiger partial charge in [0.1, 0.15) is 11.8 Å². The SMILES string of the molecule is COP(=O)(NC(CC(C)C)C(=O)OC(C)C)Oc1ccccc1. The van der Waals surface area contributed by atoms with Crippen LogP contribution in [0.25, 0.3) is 0 Å². The second-order valence-electron chi connectivity index (χ2n) is 5.88. The minimum Gasteiger partial charge on any atom is -0.462 e. The molecule has 0 saturated carbocycles. The van der Waals surface area contributed by atoms with Gasteiger partial charge in [0, 0.05) is 7.11 Å². The molecule has 0 aliphatic carbocycles. The van der Waals surface area contributed by atoms with Crippen molar-refractivity contribution in [3.05, 3.63) is 30.3 Å². The van der Waals surface area contributed by atoms with Crippen LogP contribution in [0.5, 0.6) is 5.75 Å². The van der Waals surface area contributed by atoms with Crippen LogP contribution in [-0.2, 0) is 18.6 Å². The molecule has 1 rings (SSSR count). The summed E-state index contributed by atoms with van der Waals surface area (Å²) in [6.07, 6.45) is 0.202. The zero-order valence-electron chi connectivity index (χ0n) is 14.3. The molecule has 2 unspecified atom stereocenters. The van der Waals surface area contributed by atoms with E-state index in [9.17, 15) is 9.36 Å². The van der Waals surface area contributed by atoms with Crippen molar-refractivity contribution in [3.8, 4) is 5.75 Å². The van der Waals surface area contributed by atoms with E-state index >= 15 is 0 Å². The highest BCUT2D eigenvalue weighted by Gasteiger charge is 2.34. The summed E-state index contributed by atoms with van der Waals surface area (Å²) in [6.45, 7) is 7.46. The molecule has 0 amide bonds. The average Bonchev–Trinajstić information content (AvgIpc) is 2.46. The predicted octanol–water partition coefficient (Wildman–Crippen LogP) is 3.78. The molecule has 0 aliphatic heterocycles. The first kappa shape index (κ1) is 19.7. The van der Waals surface area contributed by atoms with Crippen LogP contribution in [0.2, 0.25) is 0 Å². The maximum absolute atomic E-state index is 12.8. The molecule has 23 heavy (non-hydrogen) atoms. The summed E-state index contributed by atoms with van der Waals surface area (Å²) in [5.41, 5.74) is 0. The molecule has 6 nitrogen and oxygen atoms in total. The van der Waals surface area contributed by atoms with Gasteiger partial charge in [0.05, 0.1) is 6.10 Å². The topological polar surface area (TPSA) is 73.9 Å². The summed E-state index contributed by atoms with van der Waals surface area (Å²) >= 11 is 0. The van der Waals surface area contributed by atoms with E-state index in [0.29, 0.717) is 12.2 Å². The van der Waals surface area contributed by atoms with E-state index in [4.69, 9.17) is 13.8 Å². The summed E-state index contributed by atoms with van der Waals surface area (Å²) in [7, 11) is -2.41. The highest BCUT2D eigenvalue weighted by Crippen LogP contribution is 2.44.